The number of anilines is 2. The summed E-state index contributed by atoms with van der Waals surface area (Å²) in [6.45, 7) is 0.393. The standard InChI is InChI=1S/C20H21N3O4/c1-25-16-11-15(12-17(26-2)20(16)27-3)21-18-9-10-19(24)23(22-18)13-14-7-5-4-6-8-14/h4-12H,13H2,1-3H3,(H,21,22). The summed E-state index contributed by atoms with van der Waals surface area (Å²) >= 11 is 0. The Hall–Kier alpha value is -3.48. The summed E-state index contributed by atoms with van der Waals surface area (Å²) in [6, 6.07) is 16.4. The fourth-order valence-electron chi connectivity index (χ4n) is 2.69. The van der Waals surface area contributed by atoms with Crippen molar-refractivity contribution < 1.29 is 14.2 Å². The topological polar surface area (TPSA) is 74.6 Å². The average Bonchev–Trinajstić information content (AvgIpc) is 2.70. The molecule has 0 unspecified atom stereocenters. The zero-order valence-electron chi connectivity index (χ0n) is 15.4. The summed E-state index contributed by atoms with van der Waals surface area (Å²) in [4.78, 5) is 12.1. The molecule has 0 spiro atoms. The summed E-state index contributed by atoms with van der Waals surface area (Å²) in [7, 11) is 4.66. The SMILES string of the molecule is COc1cc(Nc2ccc(=O)n(Cc3ccccc3)n2)cc(OC)c1OC. The minimum Gasteiger partial charge on any atom is -0.493 e. The van der Waals surface area contributed by atoms with Gasteiger partial charge in [0.2, 0.25) is 5.75 Å². The fourth-order valence-corrected chi connectivity index (χ4v) is 2.69. The van der Waals surface area contributed by atoms with Crippen molar-refractivity contribution in [3.8, 4) is 17.2 Å². The van der Waals surface area contributed by atoms with Gasteiger partial charge < -0.3 is 19.5 Å². The van der Waals surface area contributed by atoms with Gasteiger partial charge in [-0.3, -0.25) is 4.79 Å². The van der Waals surface area contributed by atoms with Gasteiger partial charge in [-0.2, -0.15) is 5.10 Å². The molecule has 0 saturated heterocycles. The molecule has 1 N–H and O–H groups in total. The number of methoxy groups -OCH3 is 3. The van der Waals surface area contributed by atoms with Crippen molar-refractivity contribution in [2.45, 2.75) is 6.54 Å². The predicted octanol–water partition coefficient (Wildman–Crippen LogP) is 3.06. The molecule has 0 atom stereocenters. The highest BCUT2D eigenvalue weighted by molar-refractivity contribution is 5.66. The van der Waals surface area contributed by atoms with Gasteiger partial charge in [-0.15, -0.1) is 0 Å². The van der Waals surface area contributed by atoms with Crippen LogP contribution in [0.1, 0.15) is 5.56 Å². The van der Waals surface area contributed by atoms with Gasteiger partial charge >= 0.3 is 0 Å². The minimum absolute atomic E-state index is 0.172. The number of nitrogens with zero attached hydrogens (tertiary/aromatic N) is 2. The molecule has 140 valence electrons. The molecule has 0 aliphatic heterocycles. The van der Waals surface area contributed by atoms with Crippen molar-refractivity contribution in [3.05, 3.63) is 70.5 Å². The third kappa shape index (κ3) is 4.20. The second-order valence-electron chi connectivity index (χ2n) is 5.74. The van der Waals surface area contributed by atoms with Crippen molar-refractivity contribution in [1.29, 1.82) is 0 Å². The van der Waals surface area contributed by atoms with Crippen LogP contribution in [-0.2, 0) is 6.54 Å². The summed E-state index contributed by atoms with van der Waals surface area (Å²) in [5.74, 6) is 2.08. The van der Waals surface area contributed by atoms with E-state index in [1.807, 2.05) is 30.3 Å². The normalized spacial score (nSPS) is 10.3. The third-order valence-corrected chi connectivity index (χ3v) is 3.98. The smallest absolute Gasteiger partial charge is 0.267 e. The van der Waals surface area contributed by atoms with Gasteiger partial charge in [0.15, 0.2) is 17.3 Å². The Bertz CT molecular complexity index is 945. The Morgan fingerprint density at radius 1 is 0.926 bits per heavy atom. The van der Waals surface area contributed by atoms with E-state index in [2.05, 4.69) is 10.4 Å². The summed E-state index contributed by atoms with van der Waals surface area (Å²) in [6.07, 6.45) is 0. The molecule has 1 aromatic heterocycles. The lowest BCUT2D eigenvalue weighted by Gasteiger charge is -2.15. The quantitative estimate of drug-likeness (QED) is 0.692. The van der Waals surface area contributed by atoms with Crippen molar-refractivity contribution in [2.75, 3.05) is 26.6 Å². The highest BCUT2D eigenvalue weighted by Gasteiger charge is 2.13. The van der Waals surface area contributed by atoms with Crippen molar-refractivity contribution >= 4 is 11.5 Å². The molecule has 3 rings (SSSR count). The Morgan fingerprint density at radius 3 is 2.19 bits per heavy atom. The van der Waals surface area contributed by atoms with Crippen molar-refractivity contribution in [1.82, 2.24) is 9.78 Å². The van der Waals surface area contributed by atoms with E-state index in [1.54, 1.807) is 39.5 Å². The lowest BCUT2D eigenvalue weighted by atomic mass is 10.2. The van der Waals surface area contributed by atoms with Crippen LogP contribution in [0, 0.1) is 0 Å². The first kappa shape index (κ1) is 18.3. The third-order valence-electron chi connectivity index (χ3n) is 3.98. The van der Waals surface area contributed by atoms with Crippen LogP contribution in [0.3, 0.4) is 0 Å². The first-order valence-electron chi connectivity index (χ1n) is 8.33. The largest absolute Gasteiger partial charge is 0.493 e. The highest BCUT2D eigenvalue weighted by Crippen LogP contribution is 2.40. The Balaban J connectivity index is 1.90. The lowest BCUT2D eigenvalue weighted by molar-refractivity contribution is 0.324. The van der Waals surface area contributed by atoms with E-state index in [4.69, 9.17) is 14.2 Å². The van der Waals surface area contributed by atoms with Gasteiger partial charge in [0.25, 0.3) is 5.56 Å². The molecule has 0 bridgehead atoms. The summed E-state index contributed by atoms with van der Waals surface area (Å²) < 4.78 is 17.5. The van der Waals surface area contributed by atoms with Gasteiger partial charge in [0.1, 0.15) is 0 Å². The molecule has 7 heteroatoms. The molecule has 3 aromatic rings. The number of aromatic nitrogens is 2. The second kappa shape index (κ2) is 8.27. The van der Waals surface area contributed by atoms with Gasteiger partial charge in [-0.1, -0.05) is 30.3 Å². The van der Waals surface area contributed by atoms with Crippen LogP contribution < -0.4 is 25.1 Å². The van der Waals surface area contributed by atoms with E-state index in [1.165, 1.54) is 10.7 Å². The Morgan fingerprint density at radius 2 is 1.59 bits per heavy atom. The zero-order chi connectivity index (χ0) is 19.2. The van der Waals surface area contributed by atoms with E-state index in [0.717, 1.165) is 5.56 Å². The van der Waals surface area contributed by atoms with Gasteiger partial charge in [-0.05, 0) is 11.6 Å². The van der Waals surface area contributed by atoms with Crippen LogP contribution in [-0.4, -0.2) is 31.1 Å². The van der Waals surface area contributed by atoms with E-state index in [0.29, 0.717) is 35.3 Å². The van der Waals surface area contributed by atoms with Crippen LogP contribution >= 0.6 is 0 Å². The van der Waals surface area contributed by atoms with Crippen LogP contribution in [0.15, 0.2) is 59.4 Å². The Labute approximate surface area is 157 Å². The molecule has 27 heavy (non-hydrogen) atoms. The number of benzene rings is 2. The molecule has 2 aromatic carbocycles. The van der Waals surface area contributed by atoms with Gasteiger partial charge in [-0.25, -0.2) is 4.68 Å². The highest BCUT2D eigenvalue weighted by atomic mass is 16.5. The van der Waals surface area contributed by atoms with E-state index in [-0.39, 0.29) is 5.56 Å². The van der Waals surface area contributed by atoms with E-state index in [9.17, 15) is 4.79 Å². The number of ether oxygens (including phenoxy) is 3. The molecule has 0 fully saturated rings. The number of rotatable bonds is 7. The first-order valence-corrected chi connectivity index (χ1v) is 8.33. The number of hydrogen-bond donors (Lipinski definition) is 1. The van der Waals surface area contributed by atoms with Crippen molar-refractivity contribution in [2.24, 2.45) is 0 Å². The number of hydrogen-bond acceptors (Lipinski definition) is 6. The lowest BCUT2D eigenvalue weighted by Crippen LogP contribution is -2.23. The van der Waals surface area contributed by atoms with Crippen LogP contribution in [0.4, 0.5) is 11.5 Å². The van der Waals surface area contributed by atoms with Crippen molar-refractivity contribution in [3.63, 3.8) is 0 Å². The maximum Gasteiger partial charge on any atom is 0.267 e. The molecule has 0 saturated carbocycles. The molecule has 0 aliphatic carbocycles. The predicted molar refractivity (Wildman–Crippen MR) is 103 cm³/mol. The molecule has 0 radical (unpaired) electrons. The molecule has 0 aliphatic rings. The molecule has 7 nitrogen and oxygen atoms in total. The second-order valence-corrected chi connectivity index (χ2v) is 5.74. The van der Waals surface area contributed by atoms with Crippen LogP contribution in [0.25, 0.3) is 0 Å². The summed E-state index contributed by atoms with van der Waals surface area (Å²) in [5, 5.41) is 7.57. The average molecular weight is 367 g/mol. The minimum atomic E-state index is -0.172. The molecule has 1 heterocycles. The maximum atomic E-state index is 12.1. The zero-order valence-corrected chi connectivity index (χ0v) is 15.4. The van der Waals surface area contributed by atoms with Crippen LogP contribution in [0.5, 0.6) is 17.2 Å². The van der Waals surface area contributed by atoms with Gasteiger partial charge in [0.05, 0.1) is 27.9 Å². The maximum absolute atomic E-state index is 12.1. The van der Waals surface area contributed by atoms with Crippen LogP contribution in [0.2, 0.25) is 0 Å². The molecular formula is C20H21N3O4. The Kier molecular flexibility index (Phi) is 5.61. The fraction of sp³-hybridized carbons (Fsp3) is 0.200. The van der Waals surface area contributed by atoms with Gasteiger partial charge in [0, 0.05) is 23.9 Å². The monoisotopic (exact) mass is 367 g/mol. The molecule has 0 amide bonds. The van der Waals surface area contributed by atoms with E-state index < -0.39 is 0 Å². The molecular weight excluding hydrogens is 346 g/mol. The van der Waals surface area contributed by atoms with E-state index >= 15 is 0 Å². The first-order chi connectivity index (χ1) is 13.1. The summed E-state index contributed by atoms with van der Waals surface area (Å²) in [5.41, 5.74) is 1.52. The number of nitrogens with one attached hydrogen (secondary N) is 1.